The van der Waals surface area contributed by atoms with E-state index in [1.807, 2.05) is 28.6 Å². The van der Waals surface area contributed by atoms with E-state index < -0.39 is 0 Å². The average Bonchev–Trinajstić information content (AvgIpc) is 3.28. The van der Waals surface area contributed by atoms with E-state index in [2.05, 4.69) is 27.5 Å². The van der Waals surface area contributed by atoms with Crippen molar-refractivity contribution < 1.29 is 4.79 Å². The number of likely N-dealkylation sites (tertiary alicyclic amines) is 1. The molecule has 25 heavy (non-hydrogen) atoms. The van der Waals surface area contributed by atoms with Crippen LogP contribution >= 0.6 is 0 Å². The zero-order valence-corrected chi connectivity index (χ0v) is 14.7. The highest BCUT2D eigenvalue weighted by Gasteiger charge is 2.21. The van der Waals surface area contributed by atoms with Crippen molar-refractivity contribution in [2.45, 2.75) is 51.7 Å². The first kappa shape index (κ1) is 16.3. The number of nitrogens with zero attached hydrogens (tertiary/aromatic N) is 4. The van der Waals surface area contributed by atoms with Crippen LogP contribution < -0.4 is 5.32 Å². The van der Waals surface area contributed by atoms with Crippen molar-refractivity contribution in [1.29, 1.82) is 0 Å². The van der Waals surface area contributed by atoms with Gasteiger partial charge >= 0.3 is 0 Å². The van der Waals surface area contributed by atoms with Crippen molar-refractivity contribution in [1.82, 2.24) is 25.0 Å². The molecule has 1 aromatic carbocycles. The first-order valence-corrected chi connectivity index (χ1v) is 9.21. The molecule has 0 aliphatic carbocycles. The van der Waals surface area contributed by atoms with Gasteiger partial charge in [0, 0.05) is 37.7 Å². The maximum atomic E-state index is 12.4. The smallest absolute Gasteiger partial charge is 0.253 e. The summed E-state index contributed by atoms with van der Waals surface area (Å²) in [6.07, 6.45) is 4.32. The summed E-state index contributed by atoms with van der Waals surface area (Å²) in [5, 5.41) is 8.06. The van der Waals surface area contributed by atoms with E-state index in [0.29, 0.717) is 6.04 Å². The number of carbonyl (C=O) groups excluding carboxylic acids is 1. The molecule has 2 aliphatic rings. The maximum absolute atomic E-state index is 12.4. The first-order chi connectivity index (χ1) is 12.2. The van der Waals surface area contributed by atoms with Gasteiger partial charge in [-0.15, -0.1) is 0 Å². The van der Waals surface area contributed by atoms with Crippen LogP contribution in [0.5, 0.6) is 0 Å². The number of hydrogen-bond donors (Lipinski definition) is 1. The average molecular weight is 339 g/mol. The van der Waals surface area contributed by atoms with Gasteiger partial charge in [-0.05, 0) is 43.9 Å². The van der Waals surface area contributed by atoms with Crippen molar-refractivity contribution in [3.05, 3.63) is 47.0 Å². The Morgan fingerprint density at radius 1 is 1.24 bits per heavy atom. The number of amides is 1. The van der Waals surface area contributed by atoms with Gasteiger partial charge in [0.2, 0.25) is 0 Å². The van der Waals surface area contributed by atoms with Gasteiger partial charge in [0.05, 0.1) is 6.54 Å². The largest absolute Gasteiger partial charge is 0.339 e. The van der Waals surface area contributed by atoms with Gasteiger partial charge in [0.15, 0.2) is 0 Å². The van der Waals surface area contributed by atoms with Gasteiger partial charge in [-0.1, -0.05) is 12.1 Å². The maximum Gasteiger partial charge on any atom is 0.253 e. The summed E-state index contributed by atoms with van der Waals surface area (Å²) in [5.41, 5.74) is 2.00. The second kappa shape index (κ2) is 6.96. The molecule has 132 valence electrons. The summed E-state index contributed by atoms with van der Waals surface area (Å²) in [7, 11) is 0. The van der Waals surface area contributed by atoms with Crippen LogP contribution in [0.3, 0.4) is 0 Å². The lowest BCUT2D eigenvalue weighted by Crippen LogP contribution is -2.37. The van der Waals surface area contributed by atoms with E-state index in [1.54, 1.807) is 0 Å². The molecule has 0 bridgehead atoms. The third-order valence-electron chi connectivity index (χ3n) is 5.15. The van der Waals surface area contributed by atoms with Crippen LogP contribution in [0.15, 0.2) is 24.3 Å². The molecule has 2 aromatic rings. The lowest BCUT2D eigenvalue weighted by Gasteiger charge is -2.23. The summed E-state index contributed by atoms with van der Waals surface area (Å²) < 4.78 is 2.02. The summed E-state index contributed by atoms with van der Waals surface area (Å²) in [4.78, 5) is 18.8. The van der Waals surface area contributed by atoms with E-state index >= 15 is 0 Å². The molecule has 2 aliphatic heterocycles. The molecule has 0 spiro atoms. The molecule has 0 unspecified atom stereocenters. The highest BCUT2D eigenvalue weighted by molar-refractivity contribution is 5.94. The van der Waals surface area contributed by atoms with Crippen molar-refractivity contribution in [2.75, 3.05) is 13.1 Å². The fourth-order valence-corrected chi connectivity index (χ4v) is 3.73. The van der Waals surface area contributed by atoms with Crippen molar-refractivity contribution in [2.24, 2.45) is 0 Å². The number of hydrogen-bond acceptors (Lipinski definition) is 4. The highest BCUT2D eigenvalue weighted by atomic mass is 16.2. The fourth-order valence-electron chi connectivity index (χ4n) is 3.73. The first-order valence-electron chi connectivity index (χ1n) is 9.21. The number of fused-ring (bicyclic) bond motifs is 1. The van der Waals surface area contributed by atoms with Gasteiger partial charge in [0.25, 0.3) is 5.91 Å². The Bertz CT molecular complexity index is 746. The van der Waals surface area contributed by atoms with Crippen LogP contribution in [0, 0.1) is 6.92 Å². The van der Waals surface area contributed by atoms with Crippen LogP contribution in [-0.4, -0.2) is 44.7 Å². The monoisotopic (exact) mass is 339 g/mol. The lowest BCUT2D eigenvalue weighted by molar-refractivity contribution is 0.0793. The van der Waals surface area contributed by atoms with Crippen LogP contribution in [0.1, 0.15) is 46.8 Å². The molecule has 3 heterocycles. The Labute approximate surface area is 148 Å². The van der Waals surface area contributed by atoms with E-state index in [-0.39, 0.29) is 5.91 Å². The number of carbonyl (C=O) groups is 1. The molecule has 1 atom stereocenters. The molecule has 1 fully saturated rings. The van der Waals surface area contributed by atoms with Crippen molar-refractivity contribution in [3.8, 4) is 0 Å². The zero-order chi connectivity index (χ0) is 17.2. The van der Waals surface area contributed by atoms with Gasteiger partial charge in [-0.3, -0.25) is 4.79 Å². The van der Waals surface area contributed by atoms with E-state index in [0.717, 1.165) is 69.1 Å². The summed E-state index contributed by atoms with van der Waals surface area (Å²) >= 11 is 0. The van der Waals surface area contributed by atoms with E-state index in [9.17, 15) is 4.79 Å². The van der Waals surface area contributed by atoms with Crippen molar-refractivity contribution >= 4 is 5.91 Å². The number of rotatable bonds is 4. The number of aryl methyl sites for hydroxylation is 2. The third-order valence-corrected chi connectivity index (χ3v) is 5.15. The molecule has 1 amide bonds. The Kier molecular flexibility index (Phi) is 4.53. The van der Waals surface area contributed by atoms with Crippen LogP contribution in [0.25, 0.3) is 0 Å². The Hall–Kier alpha value is -2.21. The molecule has 6 heteroatoms. The number of aromatic nitrogens is 3. The second-order valence-corrected chi connectivity index (χ2v) is 7.07. The second-order valence-electron chi connectivity index (χ2n) is 7.07. The molecular formula is C19H25N5O. The molecule has 1 N–H and O–H groups in total. The molecule has 6 nitrogen and oxygen atoms in total. The molecule has 4 rings (SSSR count). The van der Waals surface area contributed by atoms with Crippen LogP contribution in [-0.2, 0) is 19.5 Å². The van der Waals surface area contributed by atoms with E-state index in [4.69, 9.17) is 0 Å². The standard InChI is InChI=1S/C19H25N5O/c1-14-21-18-9-8-17(13-24(18)22-14)20-12-15-4-6-16(7-5-15)19(25)23-10-2-3-11-23/h4-7,17,20H,2-3,8-13H2,1H3/t17-/m1/s1. The van der Waals surface area contributed by atoms with Gasteiger partial charge in [-0.2, -0.15) is 5.10 Å². The molecule has 1 saturated heterocycles. The van der Waals surface area contributed by atoms with Crippen LogP contribution in [0.4, 0.5) is 0 Å². The van der Waals surface area contributed by atoms with Gasteiger partial charge < -0.3 is 10.2 Å². The minimum Gasteiger partial charge on any atom is -0.339 e. The summed E-state index contributed by atoms with van der Waals surface area (Å²) in [6.45, 7) is 5.42. The minimum absolute atomic E-state index is 0.165. The lowest BCUT2D eigenvalue weighted by atomic mass is 10.1. The Balaban J connectivity index is 1.32. The third kappa shape index (κ3) is 3.58. The predicted molar refractivity (Wildman–Crippen MR) is 95.3 cm³/mol. The topological polar surface area (TPSA) is 63.1 Å². The Morgan fingerprint density at radius 3 is 2.76 bits per heavy atom. The van der Waals surface area contributed by atoms with Gasteiger partial charge in [-0.25, -0.2) is 9.67 Å². The normalized spacial score (nSPS) is 19.9. The number of nitrogens with one attached hydrogen (secondary N) is 1. The molecular weight excluding hydrogens is 314 g/mol. The van der Waals surface area contributed by atoms with Gasteiger partial charge in [0.1, 0.15) is 11.6 Å². The SMILES string of the molecule is Cc1nc2n(n1)C[C@H](NCc1ccc(C(=O)N3CCCC3)cc1)CC2. The quantitative estimate of drug-likeness (QED) is 0.924. The zero-order valence-electron chi connectivity index (χ0n) is 14.7. The molecule has 1 aromatic heterocycles. The molecule has 0 radical (unpaired) electrons. The molecule has 0 saturated carbocycles. The highest BCUT2D eigenvalue weighted by Crippen LogP contribution is 2.15. The van der Waals surface area contributed by atoms with Crippen LogP contribution in [0.2, 0.25) is 0 Å². The fraction of sp³-hybridized carbons (Fsp3) is 0.526. The Morgan fingerprint density at radius 2 is 2.00 bits per heavy atom. The van der Waals surface area contributed by atoms with Crippen molar-refractivity contribution in [3.63, 3.8) is 0 Å². The number of benzene rings is 1. The summed E-state index contributed by atoms with van der Waals surface area (Å²) in [5.74, 6) is 2.12. The minimum atomic E-state index is 0.165. The van der Waals surface area contributed by atoms with E-state index in [1.165, 1.54) is 5.56 Å². The predicted octanol–water partition coefficient (Wildman–Crippen LogP) is 1.93. The summed E-state index contributed by atoms with van der Waals surface area (Å²) in [6, 6.07) is 8.45.